The lowest BCUT2D eigenvalue weighted by molar-refractivity contribution is -0.129. The number of nitrogens with one attached hydrogen (secondary N) is 1. The Bertz CT molecular complexity index is 166. The van der Waals surface area contributed by atoms with Gasteiger partial charge in [-0.05, 0) is 12.8 Å². The van der Waals surface area contributed by atoms with E-state index in [0.29, 0.717) is 6.54 Å². The quantitative estimate of drug-likeness (QED) is 0.679. The van der Waals surface area contributed by atoms with Crippen LogP contribution in [-0.2, 0) is 4.79 Å². The van der Waals surface area contributed by atoms with Gasteiger partial charge in [-0.15, -0.1) is 0 Å². The van der Waals surface area contributed by atoms with Crippen LogP contribution in [0.2, 0.25) is 0 Å². The molecule has 1 amide bonds. The first-order valence-corrected chi connectivity index (χ1v) is 4.98. The summed E-state index contributed by atoms with van der Waals surface area (Å²) >= 11 is 0. The molecule has 0 aliphatic heterocycles. The summed E-state index contributed by atoms with van der Waals surface area (Å²) in [5.74, 6) is 0.0962. The van der Waals surface area contributed by atoms with Crippen molar-refractivity contribution in [2.75, 3.05) is 6.54 Å². The van der Waals surface area contributed by atoms with Crippen molar-refractivity contribution in [2.45, 2.75) is 46.6 Å². The van der Waals surface area contributed by atoms with Gasteiger partial charge in [-0.1, -0.05) is 27.7 Å². The van der Waals surface area contributed by atoms with Crippen molar-refractivity contribution in [1.82, 2.24) is 5.32 Å². The first-order chi connectivity index (χ1) is 5.94. The third-order valence-electron chi connectivity index (χ3n) is 2.55. The largest absolute Gasteiger partial charge is 0.354 e. The van der Waals surface area contributed by atoms with E-state index in [9.17, 15) is 4.79 Å². The van der Waals surface area contributed by atoms with Gasteiger partial charge >= 0.3 is 0 Å². The Morgan fingerprint density at radius 1 is 1.46 bits per heavy atom. The molecule has 0 saturated carbocycles. The van der Waals surface area contributed by atoms with E-state index in [0.717, 1.165) is 12.8 Å². The van der Waals surface area contributed by atoms with Crippen LogP contribution in [0.15, 0.2) is 0 Å². The molecule has 1 unspecified atom stereocenters. The van der Waals surface area contributed by atoms with Gasteiger partial charge in [0, 0.05) is 18.0 Å². The van der Waals surface area contributed by atoms with Crippen LogP contribution in [0, 0.1) is 5.41 Å². The molecule has 3 N–H and O–H groups in total. The minimum absolute atomic E-state index is 0.0802. The van der Waals surface area contributed by atoms with Gasteiger partial charge in [0.2, 0.25) is 5.91 Å². The Morgan fingerprint density at radius 3 is 2.38 bits per heavy atom. The van der Waals surface area contributed by atoms with Crippen molar-refractivity contribution in [3.05, 3.63) is 0 Å². The Kier molecular flexibility index (Phi) is 4.99. The molecular formula is C10H22N2O. The molecule has 0 fully saturated rings. The number of hydrogen-bond donors (Lipinski definition) is 2. The summed E-state index contributed by atoms with van der Waals surface area (Å²) in [6.07, 6.45) is 1.74. The molecule has 0 radical (unpaired) electrons. The molecule has 0 aromatic carbocycles. The van der Waals surface area contributed by atoms with Crippen molar-refractivity contribution in [3.8, 4) is 0 Å². The van der Waals surface area contributed by atoms with Crippen LogP contribution < -0.4 is 11.1 Å². The van der Waals surface area contributed by atoms with Crippen molar-refractivity contribution >= 4 is 5.91 Å². The molecule has 1 atom stereocenters. The summed E-state index contributed by atoms with van der Waals surface area (Å²) in [6, 6.07) is 0.0802. The van der Waals surface area contributed by atoms with E-state index in [-0.39, 0.29) is 17.4 Å². The zero-order valence-corrected chi connectivity index (χ0v) is 9.18. The van der Waals surface area contributed by atoms with E-state index >= 15 is 0 Å². The maximum atomic E-state index is 11.5. The van der Waals surface area contributed by atoms with Crippen LogP contribution in [0.4, 0.5) is 0 Å². The fourth-order valence-electron chi connectivity index (χ4n) is 0.768. The van der Waals surface area contributed by atoms with Crippen LogP contribution >= 0.6 is 0 Å². The molecule has 13 heavy (non-hydrogen) atoms. The highest BCUT2D eigenvalue weighted by molar-refractivity contribution is 5.81. The molecule has 0 spiro atoms. The highest BCUT2D eigenvalue weighted by Gasteiger charge is 2.24. The predicted octanol–water partition coefficient (Wildman–Crippen LogP) is 1.28. The monoisotopic (exact) mass is 186 g/mol. The number of amides is 1. The Hall–Kier alpha value is -0.570. The van der Waals surface area contributed by atoms with Crippen LogP contribution in [0.1, 0.15) is 40.5 Å². The number of carbonyl (C=O) groups excluding carboxylic acids is 1. The molecule has 0 aliphatic carbocycles. The highest BCUT2D eigenvalue weighted by atomic mass is 16.2. The summed E-state index contributed by atoms with van der Waals surface area (Å²) < 4.78 is 0. The lowest BCUT2D eigenvalue weighted by atomic mass is 9.89. The minimum Gasteiger partial charge on any atom is -0.354 e. The molecule has 3 nitrogen and oxygen atoms in total. The number of rotatable bonds is 5. The fourth-order valence-corrected chi connectivity index (χ4v) is 0.768. The number of hydrogen-bond acceptors (Lipinski definition) is 2. The zero-order chi connectivity index (χ0) is 10.5. The maximum Gasteiger partial charge on any atom is 0.225 e. The highest BCUT2D eigenvalue weighted by Crippen LogP contribution is 2.19. The average Bonchev–Trinajstić information content (AvgIpc) is 2.13. The summed E-state index contributed by atoms with van der Waals surface area (Å²) in [4.78, 5) is 11.5. The van der Waals surface area contributed by atoms with Gasteiger partial charge in [-0.25, -0.2) is 0 Å². The van der Waals surface area contributed by atoms with Crippen LogP contribution in [0.5, 0.6) is 0 Å². The maximum absolute atomic E-state index is 11.5. The topological polar surface area (TPSA) is 55.1 Å². The SMILES string of the molecule is CCC(N)CNC(=O)C(C)(C)CC. The molecule has 0 rings (SSSR count). The van der Waals surface area contributed by atoms with E-state index in [1.54, 1.807) is 0 Å². The molecular weight excluding hydrogens is 164 g/mol. The van der Waals surface area contributed by atoms with Gasteiger partial charge in [-0.3, -0.25) is 4.79 Å². The van der Waals surface area contributed by atoms with Crippen LogP contribution in [0.3, 0.4) is 0 Å². The molecule has 0 aliphatic rings. The first-order valence-electron chi connectivity index (χ1n) is 4.98. The molecule has 0 bridgehead atoms. The third-order valence-corrected chi connectivity index (χ3v) is 2.55. The average molecular weight is 186 g/mol. The predicted molar refractivity (Wildman–Crippen MR) is 55.3 cm³/mol. The van der Waals surface area contributed by atoms with Crippen LogP contribution in [0.25, 0.3) is 0 Å². The smallest absolute Gasteiger partial charge is 0.225 e. The normalized spacial score (nSPS) is 13.9. The second kappa shape index (κ2) is 5.22. The van der Waals surface area contributed by atoms with Crippen molar-refractivity contribution in [2.24, 2.45) is 11.1 Å². The van der Waals surface area contributed by atoms with E-state index < -0.39 is 0 Å². The second-order valence-electron chi connectivity index (χ2n) is 4.12. The molecule has 78 valence electrons. The van der Waals surface area contributed by atoms with Gasteiger partial charge in [0.05, 0.1) is 0 Å². The number of carbonyl (C=O) groups is 1. The van der Waals surface area contributed by atoms with Crippen molar-refractivity contribution in [1.29, 1.82) is 0 Å². The van der Waals surface area contributed by atoms with Gasteiger partial charge < -0.3 is 11.1 Å². The van der Waals surface area contributed by atoms with Gasteiger partial charge in [-0.2, -0.15) is 0 Å². The first kappa shape index (κ1) is 12.4. The summed E-state index contributed by atoms with van der Waals surface area (Å²) in [7, 11) is 0. The van der Waals surface area contributed by atoms with Crippen LogP contribution in [-0.4, -0.2) is 18.5 Å². The molecule has 0 aromatic heterocycles. The van der Waals surface area contributed by atoms with Gasteiger partial charge in [0.15, 0.2) is 0 Å². The van der Waals surface area contributed by atoms with E-state index in [4.69, 9.17) is 5.73 Å². The Balaban J connectivity index is 3.88. The van der Waals surface area contributed by atoms with E-state index in [1.807, 2.05) is 27.7 Å². The van der Waals surface area contributed by atoms with E-state index in [2.05, 4.69) is 5.32 Å². The standard InChI is InChI=1S/C10H22N2O/c1-5-8(11)7-12-9(13)10(3,4)6-2/h8H,5-7,11H2,1-4H3,(H,12,13). The van der Waals surface area contributed by atoms with Gasteiger partial charge in [0.1, 0.15) is 0 Å². The second-order valence-corrected chi connectivity index (χ2v) is 4.12. The lowest BCUT2D eigenvalue weighted by Crippen LogP contribution is -2.42. The lowest BCUT2D eigenvalue weighted by Gasteiger charge is -2.22. The molecule has 0 heterocycles. The Labute approximate surface area is 81.1 Å². The zero-order valence-electron chi connectivity index (χ0n) is 9.18. The molecule has 3 heteroatoms. The molecule has 0 aromatic rings. The van der Waals surface area contributed by atoms with Gasteiger partial charge in [0.25, 0.3) is 0 Å². The molecule has 0 saturated heterocycles. The summed E-state index contributed by atoms with van der Waals surface area (Å²) in [5.41, 5.74) is 5.42. The summed E-state index contributed by atoms with van der Waals surface area (Å²) in [6.45, 7) is 8.50. The third kappa shape index (κ3) is 4.27. The Morgan fingerprint density at radius 2 is 2.00 bits per heavy atom. The van der Waals surface area contributed by atoms with Crippen molar-refractivity contribution in [3.63, 3.8) is 0 Å². The van der Waals surface area contributed by atoms with Crippen molar-refractivity contribution < 1.29 is 4.79 Å². The summed E-state index contributed by atoms with van der Waals surface area (Å²) in [5, 5.41) is 2.86. The van der Waals surface area contributed by atoms with E-state index in [1.165, 1.54) is 0 Å². The number of nitrogens with two attached hydrogens (primary N) is 1. The fraction of sp³-hybridized carbons (Fsp3) is 0.900. The minimum atomic E-state index is -0.270.